The number of carbonyl (C=O) groups excluding carboxylic acids is 1. The molecule has 8 nitrogen and oxygen atoms in total. The normalized spacial score (nSPS) is 15.5. The molecule has 2 aromatic rings. The van der Waals surface area contributed by atoms with Crippen molar-refractivity contribution in [1.29, 1.82) is 0 Å². The topological polar surface area (TPSA) is 80.1 Å². The molecule has 3 rings (SSSR count). The number of amides is 1. The van der Waals surface area contributed by atoms with Gasteiger partial charge in [0.2, 0.25) is 5.91 Å². The minimum Gasteiger partial charge on any atom is -0.497 e. The number of nitrogens with one attached hydrogen (secondary N) is 1. The van der Waals surface area contributed by atoms with Crippen LogP contribution in [-0.4, -0.2) is 67.8 Å². The van der Waals surface area contributed by atoms with Gasteiger partial charge >= 0.3 is 0 Å². The molecule has 1 saturated heterocycles. The summed E-state index contributed by atoms with van der Waals surface area (Å²) in [4.78, 5) is 16.9. The number of anilines is 1. The van der Waals surface area contributed by atoms with E-state index in [0.717, 1.165) is 44.2 Å². The third-order valence-electron chi connectivity index (χ3n) is 4.57. The molecule has 1 aliphatic rings. The molecule has 0 radical (unpaired) electrons. The lowest BCUT2D eigenvalue weighted by molar-refractivity contribution is -0.117. The molecule has 1 fully saturated rings. The smallest absolute Gasteiger partial charge is 0.238 e. The minimum absolute atomic E-state index is 0.0576. The first-order valence-electron chi connectivity index (χ1n) is 8.96. The summed E-state index contributed by atoms with van der Waals surface area (Å²) in [7, 11) is 3.16. The molecule has 0 bridgehead atoms. The molecule has 1 aliphatic heterocycles. The standard InChI is InChI=1S/C19H26N4O4/c1-14-10-16(27-21-14)12-22-6-8-23(9-7-22)13-19(24)20-17-5-4-15(25-2)11-18(17)26-3/h4-5,10-11H,6-9,12-13H2,1-3H3,(H,20,24). The monoisotopic (exact) mass is 374 g/mol. The number of nitrogens with zero attached hydrogens (tertiary/aromatic N) is 3. The summed E-state index contributed by atoms with van der Waals surface area (Å²) >= 11 is 0. The van der Waals surface area contributed by atoms with Crippen LogP contribution in [0.5, 0.6) is 11.5 Å². The molecule has 1 N–H and O–H groups in total. The van der Waals surface area contributed by atoms with E-state index in [2.05, 4.69) is 20.3 Å². The zero-order chi connectivity index (χ0) is 19.2. The Kier molecular flexibility index (Phi) is 6.31. The maximum absolute atomic E-state index is 12.4. The van der Waals surface area contributed by atoms with Crippen LogP contribution in [0.3, 0.4) is 0 Å². The Morgan fingerprint density at radius 2 is 1.89 bits per heavy atom. The summed E-state index contributed by atoms with van der Waals surface area (Å²) in [5.74, 6) is 2.08. The highest BCUT2D eigenvalue weighted by Gasteiger charge is 2.20. The lowest BCUT2D eigenvalue weighted by atomic mass is 10.2. The van der Waals surface area contributed by atoms with Crippen LogP contribution in [0, 0.1) is 6.92 Å². The number of methoxy groups -OCH3 is 2. The second-order valence-electron chi connectivity index (χ2n) is 6.60. The highest BCUT2D eigenvalue weighted by atomic mass is 16.5. The maximum atomic E-state index is 12.4. The largest absolute Gasteiger partial charge is 0.497 e. The van der Waals surface area contributed by atoms with Crippen molar-refractivity contribution in [2.75, 3.05) is 52.3 Å². The Hall–Kier alpha value is -2.58. The number of aryl methyl sites for hydroxylation is 1. The van der Waals surface area contributed by atoms with Gasteiger partial charge in [-0.1, -0.05) is 5.16 Å². The number of aromatic nitrogens is 1. The molecule has 0 atom stereocenters. The molecule has 8 heteroatoms. The van der Waals surface area contributed by atoms with E-state index in [9.17, 15) is 4.79 Å². The van der Waals surface area contributed by atoms with E-state index in [-0.39, 0.29) is 5.91 Å². The van der Waals surface area contributed by atoms with Crippen molar-refractivity contribution in [3.05, 3.63) is 35.7 Å². The summed E-state index contributed by atoms with van der Waals surface area (Å²) < 4.78 is 15.8. The van der Waals surface area contributed by atoms with Gasteiger partial charge in [-0.05, 0) is 19.1 Å². The summed E-state index contributed by atoms with van der Waals surface area (Å²) in [6, 6.07) is 7.29. The molecular formula is C19H26N4O4. The number of piperazine rings is 1. The van der Waals surface area contributed by atoms with E-state index in [1.54, 1.807) is 32.4 Å². The van der Waals surface area contributed by atoms with Gasteiger partial charge in [0.05, 0.1) is 38.7 Å². The molecule has 1 aromatic carbocycles. The molecule has 0 aliphatic carbocycles. The fraction of sp³-hybridized carbons (Fsp3) is 0.474. The summed E-state index contributed by atoms with van der Waals surface area (Å²) in [5, 5.41) is 6.83. The van der Waals surface area contributed by atoms with Gasteiger partial charge in [0, 0.05) is 38.3 Å². The van der Waals surface area contributed by atoms with Crippen LogP contribution in [0.2, 0.25) is 0 Å². The lowest BCUT2D eigenvalue weighted by Gasteiger charge is -2.33. The number of rotatable bonds is 7. The molecule has 1 aromatic heterocycles. The van der Waals surface area contributed by atoms with Gasteiger partial charge in [0.1, 0.15) is 11.5 Å². The van der Waals surface area contributed by atoms with Gasteiger partial charge in [-0.15, -0.1) is 0 Å². The Bertz CT molecular complexity index is 769. The number of carbonyl (C=O) groups is 1. The summed E-state index contributed by atoms with van der Waals surface area (Å²) in [5.41, 5.74) is 1.54. The molecule has 0 spiro atoms. The second-order valence-corrected chi connectivity index (χ2v) is 6.60. The van der Waals surface area contributed by atoms with Gasteiger partial charge in [-0.25, -0.2) is 0 Å². The van der Waals surface area contributed by atoms with Gasteiger partial charge in [0.25, 0.3) is 0 Å². The summed E-state index contributed by atoms with van der Waals surface area (Å²) in [6.07, 6.45) is 0. The average molecular weight is 374 g/mol. The zero-order valence-electron chi connectivity index (χ0n) is 16.0. The number of hydrogen-bond donors (Lipinski definition) is 1. The van der Waals surface area contributed by atoms with Gasteiger partial charge < -0.3 is 19.3 Å². The average Bonchev–Trinajstić information content (AvgIpc) is 3.08. The maximum Gasteiger partial charge on any atom is 0.238 e. The Labute approximate surface area is 159 Å². The fourth-order valence-electron chi connectivity index (χ4n) is 3.11. The van der Waals surface area contributed by atoms with Crippen LogP contribution >= 0.6 is 0 Å². The predicted molar refractivity (Wildman–Crippen MR) is 101 cm³/mol. The lowest BCUT2D eigenvalue weighted by Crippen LogP contribution is -2.48. The number of benzene rings is 1. The molecule has 27 heavy (non-hydrogen) atoms. The quantitative estimate of drug-likeness (QED) is 0.791. The zero-order valence-corrected chi connectivity index (χ0v) is 16.0. The first kappa shape index (κ1) is 19.2. The third kappa shape index (κ3) is 5.21. The van der Waals surface area contributed by atoms with E-state index in [0.29, 0.717) is 23.7 Å². The first-order valence-corrected chi connectivity index (χ1v) is 8.96. The van der Waals surface area contributed by atoms with E-state index in [1.165, 1.54) is 0 Å². The van der Waals surface area contributed by atoms with Crippen molar-refractivity contribution < 1.29 is 18.8 Å². The predicted octanol–water partition coefficient (Wildman–Crippen LogP) is 1.76. The third-order valence-corrected chi connectivity index (χ3v) is 4.57. The fourth-order valence-corrected chi connectivity index (χ4v) is 3.11. The van der Waals surface area contributed by atoms with E-state index >= 15 is 0 Å². The molecule has 1 amide bonds. The molecule has 0 saturated carbocycles. The highest BCUT2D eigenvalue weighted by Crippen LogP contribution is 2.28. The van der Waals surface area contributed by atoms with Crippen LogP contribution in [0.25, 0.3) is 0 Å². The van der Waals surface area contributed by atoms with Gasteiger partial charge in [-0.3, -0.25) is 14.6 Å². The van der Waals surface area contributed by atoms with Gasteiger partial charge in [-0.2, -0.15) is 0 Å². The van der Waals surface area contributed by atoms with Crippen LogP contribution < -0.4 is 14.8 Å². The van der Waals surface area contributed by atoms with E-state index in [1.807, 2.05) is 13.0 Å². The van der Waals surface area contributed by atoms with Crippen molar-refractivity contribution in [3.63, 3.8) is 0 Å². The number of hydrogen-bond acceptors (Lipinski definition) is 7. The Morgan fingerprint density at radius 1 is 1.15 bits per heavy atom. The van der Waals surface area contributed by atoms with E-state index in [4.69, 9.17) is 14.0 Å². The van der Waals surface area contributed by atoms with Crippen LogP contribution in [0.4, 0.5) is 5.69 Å². The van der Waals surface area contributed by atoms with Crippen molar-refractivity contribution in [2.24, 2.45) is 0 Å². The SMILES string of the molecule is COc1ccc(NC(=O)CN2CCN(Cc3cc(C)no3)CC2)c(OC)c1. The van der Waals surface area contributed by atoms with Crippen molar-refractivity contribution in [3.8, 4) is 11.5 Å². The van der Waals surface area contributed by atoms with Crippen molar-refractivity contribution in [2.45, 2.75) is 13.5 Å². The molecule has 146 valence electrons. The van der Waals surface area contributed by atoms with Crippen LogP contribution in [0.1, 0.15) is 11.5 Å². The van der Waals surface area contributed by atoms with Crippen LogP contribution in [0.15, 0.2) is 28.8 Å². The first-order chi connectivity index (χ1) is 13.1. The minimum atomic E-state index is -0.0576. The second kappa shape index (κ2) is 8.88. The van der Waals surface area contributed by atoms with Crippen molar-refractivity contribution in [1.82, 2.24) is 15.0 Å². The highest BCUT2D eigenvalue weighted by molar-refractivity contribution is 5.93. The number of ether oxygens (including phenoxy) is 2. The molecule has 0 unspecified atom stereocenters. The Balaban J connectivity index is 1.47. The Morgan fingerprint density at radius 3 is 2.52 bits per heavy atom. The van der Waals surface area contributed by atoms with Gasteiger partial charge in [0.15, 0.2) is 5.76 Å². The van der Waals surface area contributed by atoms with Crippen LogP contribution in [-0.2, 0) is 11.3 Å². The molecule has 2 heterocycles. The summed E-state index contributed by atoms with van der Waals surface area (Å²) in [6.45, 7) is 6.47. The van der Waals surface area contributed by atoms with E-state index < -0.39 is 0 Å². The molecular weight excluding hydrogens is 348 g/mol. The van der Waals surface area contributed by atoms with Crippen molar-refractivity contribution >= 4 is 11.6 Å².